The van der Waals surface area contributed by atoms with Crippen molar-refractivity contribution in [2.75, 3.05) is 39.9 Å². The van der Waals surface area contributed by atoms with Crippen molar-refractivity contribution in [3.05, 3.63) is 82.4 Å². The Balaban J connectivity index is 1.46. The van der Waals surface area contributed by atoms with Gasteiger partial charge < -0.3 is 14.7 Å². The molecule has 1 N–H and O–H groups in total. The van der Waals surface area contributed by atoms with E-state index in [0.29, 0.717) is 21.9 Å². The summed E-state index contributed by atoms with van der Waals surface area (Å²) in [5.74, 6) is -3.83. The number of aliphatic hydroxyl groups is 1. The molecule has 0 spiro atoms. The van der Waals surface area contributed by atoms with Crippen LogP contribution >= 0.6 is 0 Å². The number of halogens is 6. The summed E-state index contributed by atoms with van der Waals surface area (Å²) < 4.78 is 91.0. The van der Waals surface area contributed by atoms with Crippen LogP contribution in [0.2, 0.25) is 0 Å². The van der Waals surface area contributed by atoms with Gasteiger partial charge in [0.1, 0.15) is 17.1 Å². The number of ether oxygens (including phenoxy) is 1. The third kappa shape index (κ3) is 5.15. The van der Waals surface area contributed by atoms with E-state index in [1.165, 1.54) is 23.8 Å². The molecule has 3 heterocycles. The highest BCUT2D eigenvalue weighted by Gasteiger charge is 2.39. The van der Waals surface area contributed by atoms with E-state index in [1.54, 1.807) is 24.3 Å². The third-order valence-electron chi connectivity index (χ3n) is 7.37. The molecule has 42 heavy (non-hydrogen) atoms. The number of nitrogens with zero attached hydrogens (tertiary/aromatic N) is 5. The molecule has 0 unspecified atom stereocenters. The SMILES string of the molecule is COc1ccc(-c2nc3c(C(=O)N4CCN([C@@H](CO)c5c(F)ccc(F)c5F)CC4)cnn3c(C(F)(F)F)c2C)cc1. The number of carbonyl (C=O) groups is 1. The number of alkyl halides is 3. The van der Waals surface area contributed by atoms with Gasteiger partial charge in [0, 0.05) is 42.9 Å². The van der Waals surface area contributed by atoms with E-state index in [0.717, 1.165) is 12.3 Å². The van der Waals surface area contributed by atoms with Crippen LogP contribution in [0.4, 0.5) is 26.3 Å². The molecule has 4 aromatic rings. The Bertz CT molecular complexity index is 1630. The lowest BCUT2D eigenvalue weighted by molar-refractivity contribution is -0.143. The maximum atomic E-state index is 14.4. The first-order chi connectivity index (χ1) is 20.0. The van der Waals surface area contributed by atoms with Gasteiger partial charge in [0.2, 0.25) is 0 Å². The monoisotopic (exact) mass is 593 g/mol. The molecule has 2 aromatic heterocycles. The Morgan fingerprint density at radius 2 is 1.67 bits per heavy atom. The molecule has 1 saturated heterocycles. The van der Waals surface area contributed by atoms with Crippen LogP contribution in [-0.2, 0) is 6.18 Å². The predicted octanol–water partition coefficient (Wildman–Crippen LogP) is 4.64. The van der Waals surface area contributed by atoms with Gasteiger partial charge in [0.05, 0.1) is 31.6 Å². The Morgan fingerprint density at radius 1 is 1.02 bits per heavy atom. The van der Waals surface area contributed by atoms with Crippen LogP contribution in [0.15, 0.2) is 42.6 Å². The van der Waals surface area contributed by atoms with Crippen molar-refractivity contribution in [2.45, 2.75) is 19.1 Å². The van der Waals surface area contributed by atoms with Crippen LogP contribution in [0.25, 0.3) is 16.9 Å². The lowest BCUT2D eigenvalue weighted by Gasteiger charge is -2.38. The van der Waals surface area contributed by atoms with Crippen LogP contribution < -0.4 is 4.74 Å². The molecule has 14 heteroatoms. The van der Waals surface area contributed by atoms with Gasteiger partial charge in [0.25, 0.3) is 5.91 Å². The van der Waals surface area contributed by atoms with Crippen molar-refractivity contribution in [1.82, 2.24) is 24.4 Å². The molecule has 0 saturated carbocycles. The number of aliphatic hydroxyl groups excluding tert-OH is 1. The molecular weight excluding hydrogens is 568 g/mol. The topological polar surface area (TPSA) is 83.2 Å². The zero-order chi connectivity index (χ0) is 30.3. The minimum atomic E-state index is -4.81. The third-order valence-corrected chi connectivity index (χ3v) is 7.37. The molecule has 5 rings (SSSR count). The largest absolute Gasteiger partial charge is 0.497 e. The molecular formula is C28H25F6N5O3. The molecule has 8 nitrogen and oxygen atoms in total. The summed E-state index contributed by atoms with van der Waals surface area (Å²) in [6.45, 7) is 0.672. The molecule has 1 aliphatic rings. The van der Waals surface area contributed by atoms with E-state index < -0.39 is 53.4 Å². The number of hydrogen-bond acceptors (Lipinski definition) is 6. The number of aromatic nitrogens is 3. The van der Waals surface area contributed by atoms with Crippen molar-refractivity contribution in [3.8, 4) is 17.0 Å². The number of methoxy groups -OCH3 is 1. The standard InChI is InChI=1S/C28H25F6N5O3/c1-15-24(16-3-5-17(42-2)6-4-16)36-26-18(13-35-39(26)25(15)28(32,33)34)27(41)38-11-9-37(10-12-38)21(14-40)22-19(29)7-8-20(30)23(22)31/h3-8,13,21,40H,9-12,14H2,1-2H3/t21-/m0/s1. The average molecular weight is 594 g/mol. The molecule has 222 valence electrons. The summed E-state index contributed by atoms with van der Waals surface area (Å²) >= 11 is 0. The van der Waals surface area contributed by atoms with E-state index in [9.17, 15) is 36.2 Å². The molecule has 1 aliphatic heterocycles. The van der Waals surface area contributed by atoms with Crippen molar-refractivity contribution >= 4 is 11.6 Å². The van der Waals surface area contributed by atoms with Crippen LogP contribution in [0.3, 0.4) is 0 Å². The van der Waals surface area contributed by atoms with Gasteiger partial charge in [-0.15, -0.1) is 0 Å². The number of piperazine rings is 1. The summed E-state index contributed by atoms with van der Waals surface area (Å²) in [4.78, 5) is 20.8. The number of rotatable bonds is 6. The van der Waals surface area contributed by atoms with Gasteiger partial charge in [-0.25, -0.2) is 22.7 Å². The van der Waals surface area contributed by atoms with Gasteiger partial charge >= 0.3 is 6.18 Å². The quantitative estimate of drug-likeness (QED) is 0.259. The van der Waals surface area contributed by atoms with E-state index in [1.807, 2.05) is 0 Å². The van der Waals surface area contributed by atoms with Crippen LogP contribution in [0.1, 0.15) is 33.2 Å². The molecule has 1 atom stereocenters. The molecule has 0 bridgehead atoms. The summed E-state index contributed by atoms with van der Waals surface area (Å²) in [6, 6.07) is 6.49. The highest BCUT2D eigenvalue weighted by Crippen LogP contribution is 2.37. The normalized spacial score (nSPS) is 15.3. The average Bonchev–Trinajstić information content (AvgIpc) is 3.39. The first kappa shape index (κ1) is 29.3. The Labute approximate surface area is 235 Å². The summed E-state index contributed by atoms with van der Waals surface area (Å²) in [7, 11) is 1.46. The summed E-state index contributed by atoms with van der Waals surface area (Å²) in [5, 5.41) is 13.7. The lowest BCUT2D eigenvalue weighted by atomic mass is 10.0. The Kier molecular flexibility index (Phi) is 7.86. The minimum Gasteiger partial charge on any atom is -0.497 e. The van der Waals surface area contributed by atoms with Crippen molar-refractivity contribution in [2.24, 2.45) is 0 Å². The Hall–Kier alpha value is -4.17. The highest BCUT2D eigenvalue weighted by atomic mass is 19.4. The first-order valence-electron chi connectivity index (χ1n) is 12.8. The maximum absolute atomic E-state index is 14.4. The molecule has 1 fully saturated rings. The van der Waals surface area contributed by atoms with Gasteiger partial charge in [0.15, 0.2) is 23.0 Å². The second kappa shape index (κ2) is 11.2. The summed E-state index contributed by atoms with van der Waals surface area (Å²) in [6.07, 6.45) is -3.79. The van der Waals surface area contributed by atoms with E-state index in [4.69, 9.17) is 4.74 Å². The zero-order valence-corrected chi connectivity index (χ0v) is 22.4. The fourth-order valence-electron chi connectivity index (χ4n) is 5.23. The first-order valence-corrected chi connectivity index (χ1v) is 12.8. The number of carbonyl (C=O) groups excluding carboxylic acids is 1. The van der Waals surface area contributed by atoms with Crippen molar-refractivity contribution in [3.63, 3.8) is 0 Å². The van der Waals surface area contributed by atoms with Gasteiger partial charge in [-0.2, -0.15) is 18.3 Å². The minimum absolute atomic E-state index is 0.00849. The van der Waals surface area contributed by atoms with Crippen molar-refractivity contribution < 1.29 is 41.0 Å². The molecule has 1 amide bonds. The number of hydrogen-bond donors (Lipinski definition) is 1. The zero-order valence-electron chi connectivity index (χ0n) is 22.4. The number of benzene rings is 2. The van der Waals surface area contributed by atoms with E-state index >= 15 is 0 Å². The highest BCUT2D eigenvalue weighted by molar-refractivity contribution is 6.00. The molecule has 0 radical (unpaired) electrons. The second-order valence-corrected chi connectivity index (χ2v) is 9.74. The van der Waals surface area contributed by atoms with E-state index in [-0.39, 0.29) is 48.6 Å². The van der Waals surface area contributed by atoms with Crippen LogP contribution in [0.5, 0.6) is 5.75 Å². The Morgan fingerprint density at radius 3 is 2.26 bits per heavy atom. The van der Waals surface area contributed by atoms with Gasteiger partial charge in [-0.3, -0.25) is 9.69 Å². The summed E-state index contributed by atoms with van der Waals surface area (Å²) in [5.41, 5.74) is -1.93. The number of amides is 1. The fourth-order valence-corrected chi connectivity index (χ4v) is 5.23. The van der Waals surface area contributed by atoms with Crippen LogP contribution in [0, 0.1) is 24.4 Å². The van der Waals surface area contributed by atoms with E-state index in [2.05, 4.69) is 10.1 Å². The predicted molar refractivity (Wildman–Crippen MR) is 138 cm³/mol. The van der Waals surface area contributed by atoms with Crippen LogP contribution in [-0.4, -0.2) is 75.3 Å². The van der Waals surface area contributed by atoms with Gasteiger partial charge in [-0.1, -0.05) is 0 Å². The lowest BCUT2D eigenvalue weighted by Crippen LogP contribution is -2.50. The maximum Gasteiger partial charge on any atom is 0.433 e. The van der Waals surface area contributed by atoms with Crippen molar-refractivity contribution in [1.29, 1.82) is 0 Å². The number of fused-ring (bicyclic) bond motifs is 1. The smallest absolute Gasteiger partial charge is 0.433 e. The second-order valence-electron chi connectivity index (χ2n) is 9.74. The van der Waals surface area contributed by atoms with Gasteiger partial charge in [-0.05, 0) is 43.3 Å². The molecule has 0 aliphatic carbocycles. The fraction of sp³-hybridized carbons (Fsp3) is 0.321. The molecule has 2 aromatic carbocycles.